The van der Waals surface area contributed by atoms with Crippen LogP contribution in [-0.4, -0.2) is 43.5 Å². The molecule has 1 N–H and O–H groups in total. The third kappa shape index (κ3) is 2.08. The van der Waals surface area contributed by atoms with Gasteiger partial charge in [0, 0.05) is 25.9 Å². The number of nitrogens with zero attached hydrogens (tertiary/aromatic N) is 1. The molecule has 2 aliphatic heterocycles. The van der Waals surface area contributed by atoms with E-state index in [2.05, 4.69) is 5.32 Å². The van der Waals surface area contributed by atoms with Gasteiger partial charge in [0.25, 0.3) is 0 Å². The van der Waals surface area contributed by atoms with E-state index >= 15 is 0 Å². The lowest BCUT2D eigenvalue weighted by atomic mass is 9.77. The van der Waals surface area contributed by atoms with Crippen molar-refractivity contribution in [3.05, 3.63) is 29.8 Å². The fourth-order valence-corrected chi connectivity index (χ4v) is 3.13. The van der Waals surface area contributed by atoms with E-state index in [1.165, 1.54) is 7.11 Å². The molecule has 1 saturated heterocycles. The Labute approximate surface area is 117 Å². The summed E-state index contributed by atoms with van der Waals surface area (Å²) in [6, 6.07) is 7.85. The van der Waals surface area contributed by atoms with Crippen LogP contribution in [0, 0.1) is 5.41 Å². The van der Waals surface area contributed by atoms with Crippen molar-refractivity contribution >= 4 is 17.5 Å². The van der Waals surface area contributed by atoms with Crippen molar-refractivity contribution in [2.45, 2.75) is 12.8 Å². The topological polar surface area (TPSA) is 58.6 Å². The van der Waals surface area contributed by atoms with Crippen LogP contribution in [0.5, 0.6) is 0 Å². The van der Waals surface area contributed by atoms with Crippen LogP contribution in [0.25, 0.3) is 0 Å². The van der Waals surface area contributed by atoms with E-state index in [1.807, 2.05) is 24.3 Å². The molecule has 2 heterocycles. The third-order valence-electron chi connectivity index (χ3n) is 4.25. The van der Waals surface area contributed by atoms with E-state index < -0.39 is 5.41 Å². The Kier molecular flexibility index (Phi) is 3.22. The number of hydrogen-bond donors (Lipinski definition) is 1. The molecule has 0 aliphatic carbocycles. The van der Waals surface area contributed by atoms with Gasteiger partial charge in [0.2, 0.25) is 11.8 Å². The van der Waals surface area contributed by atoms with Crippen LogP contribution in [0.1, 0.15) is 12.0 Å². The number of para-hydroxylation sites is 1. The number of amides is 2. The Hall–Kier alpha value is -1.88. The van der Waals surface area contributed by atoms with Crippen molar-refractivity contribution in [3.63, 3.8) is 0 Å². The molecule has 0 bridgehead atoms. The van der Waals surface area contributed by atoms with Gasteiger partial charge in [-0.25, -0.2) is 0 Å². The van der Waals surface area contributed by atoms with Gasteiger partial charge in [-0.3, -0.25) is 9.59 Å². The van der Waals surface area contributed by atoms with Crippen LogP contribution in [0.4, 0.5) is 5.69 Å². The summed E-state index contributed by atoms with van der Waals surface area (Å²) in [4.78, 5) is 26.1. The summed E-state index contributed by atoms with van der Waals surface area (Å²) in [7, 11) is 1.51. The molecule has 0 aromatic heterocycles. The minimum atomic E-state index is -0.474. The van der Waals surface area contributed by atoms with Gasteiger partial charge in [-0.05, 0) is 24.5 Å². The SMILES string of the molecule is COCC(=O)N1CCC2(Cc3ccccc3NC2=O)C1. The highest BCUT2D eigenvalue weighted by Gasteiger charge is 2.48. The fourth-order valence-electron chi connectivity index (χ4n) is 3.13. The standard InChI is InChI=1S/C15H18N2O3/c1-20-9-13(18)17-7-6-15(10-17)8-11-4-2-3-5-12(11)16-14(15)19/h2-5H,6-10H2,1H3,(H,16,19). The van der Waals surface area contributed by atoms with Crippen molar-refractivity contribution < 1.29 is 14.3 Å². The maximum absolute atomic E-state index is 12.4. The number of carbonyl (C=O) groups is 2. The summed E-state index contributed by atoms with van der Waals surface area (Å²) >= 11 is 0. The molecule has 1 aromatic carbocycles. The molecule has 20 heavy (non-hydrogen) atoms. The summed E-state index contributed by atoms with van der Waals surface area (Å²) < 4.78 is 4.88. The predicted molar refractivity (Wildman–Crippen MR) is 74.3 cm³/mol. The Morgan fingerprint density at radius 3 is 3.05 bits per heavy atom. The van der Waals surface area contributed by atoms with Crippen LogP contribution in [-0.2, 0) is 20.7 Å². The lowest BCUT2D eigenvalue weighted by Gasteiger charge is -2.33. The Balaban J connectivity index is 1.81. The summed E-state index contributed by atoms with van der Waals surface area (Å²) in [5, 5.41) is 2.98. The van der Waals surface area contributed by atoms with Crippen molar-refractivity contribution in [3.8, 4) is 0 Å². The van der Waals surface area contributed by atoms with E-state index in [-0.39, 0.29) is 18.4 Å². The zero-order valence-corrected chi connectivity index (χ0v) is 11.5. The zero-order valence-electron chi connectivity index (χ0n) is 11.5. The molecule has 106 valence electrons. The number of benzene rings is 1. The van der Waals surface area contributed by atoms with Crippen LogP contribution in [0.15, 0.2) is 24.3 Å². The normalized spacial score (nSPS) is 24.6. The lowest BCUT2D eigenvalue weighted by molar-refractivity contribution is -0.135. The van der Waals surface area contributed by atoms with E-state index in [0.717, 1.165) is 11.3 Å². The minimum Gasteiger partial charge on any atom is -0.375 e. The first kappa shape index (κ1) is 13.1. The fraction of sp³-hybridized carbons (Fsp3) is 0.467. The molecule has 1 fully saturated rings. The van der Waals surface area contributed by atoms with Crippen molar-refractivity contribution in [1.82, 2.24) is 4.90 Å². The van der Waals surface area contributed by atoms with Gasteiger partial charge in [0.15, 0.2) is 0 Å². The number of fused-ring (bicyclic) bond motifs is 1. The molecule has 2 amide bonds. The summed E-state index contributed by atoms with van der Waals surface area (Å²) in [5.41, 5.74) is 1.57. The van der Waals surface area contributed by atoms with E-state index in [1.54, 1.807) is 4.90 Å². The molecular weight excluding hydrogens is 256 g/mol. The minimum absolute atomic E-state index is 0.0314. The Morgan fingerprint density at radius 2 is 2.25 bits per heavy atom. The molecule has 5 nitrogen and oxygen atoms in total. The molecule has 0 radical (unpaired) electrons. The molecular formula is C15H18N2O3. The molecule has 1 aromatic rings. The number of rotatable bonds is 2. The van der Waals surface area contributed by atoms with E-state index in [4.69, 9.17) is 4.74 Å². The highest BCUT2D eigenvalue weighted by atomic mass is 16.5. The van der Waals surface area contributed by atoms with Gasteiger partial charge < -0.3 is 15.0 Å². The van der Waals surface area contributed by atoms with Crippen LogP contribution in [0.3, 0.4) is 0 Å². The smallest absolute Gasteiger partial charge is 0.248 e. The number of nitrogens with one attached hydrogen (secondary N) is 1. The maximum Gasteiger partial charge on any atom is 0.248 e. The number of likely N-dealkylation sites (tertiary alicyclic amines) is 1. The highest BCUT2D eigenvalue weighted by molar-refractivity contribution is 5.99. The second kappa shape index (κ2) is 4.90. The van der Waals surface area contributed by atoms with E-state index in [9.17, 15) is 9.59 Å². The van der Waals surface area contributed by atoms with Gasteiger partial charge in [-0.2, -0.15) is 0 Å². The summed E-state index contributed by atoms with van der Waals surface area (Å²) in [6.45, 7) is 1.18. The van der Waals surface area contributed by atoms with Gasteiger partial charge in [-0.15, -0.1) is 0 Å². The highest BCUT2D eigenvalue weighted by Crippen LogP contribution is 2.40. The van der Waals surface area contributed by atoms with Crippen molar-refractivity contribution in [2.75, 3.05) is 32.1 Å². The van der Waals surface area contributed by atoms with Crippen molar-refractivity contribution in [1.29, 1.82) is 0 Å². The first-order valence-corrected chi connectivity index (χ1v) is 6.81. The van der Waals surface area contributed by atoms with Crippen LogP contribution in [0.2, 0.25) is 0 Å². The second-order valence-electron chi connectivity index (χ2n) is 5.57. The zero-order chi connectivity index (χ0) is 14.2. The first-order chi connectivity index (χ1) is 9.64. The number of ether oxygens (including phenoxy) is 1. The Bertz CT molecular complexity index is 558. The molecule has 3 rings (SSSR count). The summed E-state index contributed by atoms with van der Waals surface area (Å²) in [5.74, 6) is -0.0139. The van der Waals surface area contributed by atoms with Gasteiger partial charge in [-0.1, -0.05) is 18.2 Å². The van der Waals surface area contributed by atoms with Gasteiger partial charge >= 0.3 is 0 Å². The largest absolute Gasteiger partial charge is 0.375 e. The monoisotopic (exact) mass is 274 g/mol. The van der Waals surface area contributed by atoms with E-state index in [0.29, 0.717) is 25.9 Å². The van der Waals surface area contributed by atoms with Crippen LogP contribution >= 0.6 is 0 Å². The van der Waals surface area contributed by atoms with Gasteiger partial charge in [0.1, 0.15) is 6.61 Å². The number of methoxy groups -OCH3 is 1. The third-order valence-corrected chi connectivity index (χ3v) is 4.25. The quantitative estimate of drug-likeness (QED) is 0.877. The lowest BCUT2D eigenvalue weighted by Crippen LogP contribution is -2.45. The number of carbonyl (C=O) groups excluding carboxylic acids is 2. The maximum atomic E-state index is 12.4. The predicted octanol–water partition coefficient (Wildman–Crippen LogP) is 1.05. The molecule has 0 saturated carbocycles. The average Bonchev–Trinajstić information content (AvgIpc) is 2.86. The number of anilines is 1. The average molecular weight is 274 g/mol. The molecule has 5 heteroatoms. The molecule has 2 aliphatic rings. The van der Waals surface area contributed by atoms with Gasteiger partial charge in [0.05, 0.1) is 5.41 Å². The van der Waals surface area contributed by atoms with Crippen molar-refractivity contribution in [2.24, 2.45) is 5.41 Å². The summed E-state index contributed by atoms with van der Waals surface area (Å²) in [6.07, 6.45) is 1.41. The van der Waals surface area contributed by atoms with Crippen LogP contribution < -0.4 is 5.32 Å². The first-order valence-electron chi connectivity index (χ1n) is 6.81. The molecule has 1 atom stereocenters. The molecule has 1 spiro atoms. The second-order valence-corrected chi connectivity index (χ2v) is 5.57. The molecule has 1 unspecified atom stereocenters. The number of hydrogen-bond acceptors (Lipinski definition) is 3. The Morgan fingerprint density at radius 1 is 1.45 bits per heavy atom.